The molecule has 6 rings (SSSR count). The summed E-state index contributed by atoms with van der Waals surface area (Å²) >= 11 is 5.88. The number of methoxy groups -OCH3 is 2. The Kier molecular flexibility index (Phi) is 9.74. The van der Waals surface area contributed by atoms with E-state index in [1.807, 2.05) is 12.1 Å². The fourth-order valence-electron chi connectivity index (χ4n) is 5.27. The van der Waals surface area contributed by atoms with Gasteiger partial charge in [-0.1, -0.05) is 17.7 Å². The van der Waals surface area contributed by atoms with Gasteiger partial charge < -0.3 is 34.5 Å². The Bertz CT molecular complexity index is 1550. The molecule has 3 aliphatic rings. The van der Waals surface area contributed by atoms with E-state index in [-0.39, 0.29) is 49.2 Å². The van der Waals surface area contributed by atoms with E-state index in [9.17, 15) is 18.8 Å². The van der Waals surface area contributed by atoms with Crippen molar-refractivity contribution < 1.29 is 37.7 Å². The van der Waals surface area contributed by atoms with Crippen LogP contribution in [0.3, 0.4) is 0 Å². The maximum absolute atomic E-state index is 14.6. The van der Waals surface area contributed by atoms with Crippen molar-refractivity contribution in [3.8, 4) is 23.0 Å². The third-order valence-corrected chi connectivity index (χ3v) is 7.83. The summed E-state index contributed by atoms with van der Waals surface area (Å²) in [5.74, 6) is -0.0243. The van der Waals surface area contributed by atoms with Gasteiger partial charge >= 0.3 is 0 Å². The zero-order valence-corrected chi connectivity index (χ0v) is 25.1. The third kappa shape index (κ3) is 7.34. The molecule has 3 amide bonds. The molecule has 0 aromatic heterocycles. The Morgan fingerprint density at radius 2 is 1.82 bits per heavy atom. The molecule has 10 nitrogen and oxygen atoms in total. The number of fused-ring (bicyclic) bond motifs is 9. The summed E-state index contributed by atoms with van der Waals surface area (Å²) in [5.41, 5.74) is 1.49. The lowest BCUT2D eigenvalue weighted by Gasteiger charge is -2.39. The maximum Gasteiger partial charge on any atom is 0.258 e. The Labute approximate surface area is 259 Å². The molecule has 0 radical (unpaired) electrons. The van der Waals surface area contributed by atoms with E-state index < -0.39 is 29.8 Å². The second-order valence-corrected chi connectivity index (χ2v) is 11.0. The molecule has 232 valence electrons. The fourth-order valence-corrected chi connectivity index (χ4v) is 5.43. The van der Waals surface area contributed by atoms with Crippen LogP contribution in [-0.2, 0) is 22.6 Å². The molecule has 3 aliphatic heterocycles. The molecule has 0 spiro atoms. The number of ether oxygens (including phenoxy) is 4. The molecule has 3 aromatic carbocycles. The van der Waals surface area contributed by atoms with E-state index in [0.717, 1.165) is 17.2 Å². The van der Waals surface area contributed by atoms with Gasteiger partial charge in [-0.25, -0.2) is 4.39 Å². The summed E-state index contributed by atoms with van der Waals surface area (Å²) in [7, 11) is 3.03. The van der Waals surface area contributed by atoms with Crippen molar-refractivity contribution >= 4 is 29.3 Å². The molecule has 3 aromatic rings. The number of carbonyl (C=O) groups is 3. The van der Waals surface area contributed by atoms with Crippen LogP contribution in [0.2, 0.25) is 5.02 Å². The van der Waals surface area contributed by atoms with Crippen LogP contribution in [0.1, 0.15) is 34.3 Å². The van der Waals surface area contributed by atoms with Crippen LogP contribution >= 0.6 is 11.6 Å². The third-order valence-electron chi connectivity index (χ3n) is 7.59. The van der Waals surface area contributed by atoms with Crippen molar-refractivity contribution in [2.75, 3.05) is 33.9 Å². The first kappa shape index (κ1) is 30.9. The van der Waals surface area contributed by atoms with Crippen molar-refractivity contribution in [2.24, 2.45) is 0 Å². The van der Waals surface area contributed by atoms with Crippen molar-refractivity contribution in [1.29, 1.82) is 0 Å². The summed E-state index contributed by atoms with van der Waals surface area (Å²) in [6.45, 7) is 0.253. The fraction of sp³-hybridized carbons (Fsp3) is 0.344. The molecular formula is C32H33ClFN3O7. The quantitative estimate of drug-likeness (QED) is 0.453. The average Bonchev–Trinajstić information content (AvgIpc) is 3.02. The molecular weight excluding hydrogens is 593 g/mol. The van der Waals surface area contributed by atoms with E-state index in [0.29, 0.717) is 35.8 Å². The summed E-state index contributed by atoms with van der Waals surface area (Å²) in [5, 5.41) is 6.05. The lowest BCUT2D eigenvalue weighted by Crippen LogP contribution is -2.58. The highest BCUT2D eigenvalue weighted by atomic mass is 35.5. The van der Waals surface area contributed by atoms with E-state index in [4.69, 9.17) is 30.5 Å². The van der Waals surface area contributed by atoms with E-state index in [1.54, 1.807) is 24.3 Å². The first-order valence-corrected chi connectivity index (χ1v) is 14.6. The van der Waals surface area contributed by atoms with Crippen LogP contribution in [0.5, 0.6) is 23.0 Å². The maximum atomic E-state index is 14.6. The van der Waals surface area contributed by atoms with Gasteiger partial charge in [-0.3, -0.25) is 14.4 Å². The molecule has 2 atom stereocenters. The van der Waals surface area contributed by atoms with Crippen molar-refractivity contribution in [1.82, 2.24) is 15.5 Å². The van der Waals surface area contributed by atoms with Crippen LogP contribution in [0.4, 0.5) is 4.39 Å². The molecule has 1 fully saturated rings. The van der Waals surface area contributed by atoms with Crippen LogP contribution in [-0.4, -0.2) is 68.7 Å². The number of hydrogen-bond acceptors (Lipinski definition) is 7. The molecule has 0 aliphatic carbocycles. The van der Waals surface area contributed by atoms with Gasteiger partial charge in [-0.2, -0.15) is 0 Å². The number of amides is 3. The minimum atomic E-state index is -0.724. The number of piperidine rings is 1. The van der Waals surface area contributed by atoms with Gasteiger partial charge in [0.25, 0.3) is 11.8 Å². The minimum Gasteiger partial charge on any atom is -0.496 e. The number of carbonyl (C=O) groups excluding carboxylic acids is 3. The molecule has 44 heavy (non-hydrogen) atoms. The molecule has 0 saturated carbocycles. The van der Waals surface area contributed by atoms with Crippen molar-refractivity contribution in [3.05, 3.63) is 82.1 Å². The van der Waals surface area contributed by atoms with Crippen LogP contribution in [0.25, 0.3) is 0 Å². The van der Waals surface area contributed by atoms with E-state index >= 15 is 0 Å². The van der Waals surface area contributed by atoms with Gasteiger partial charge in [0.1, 0.15) is 23.4 Å². The zero-order chi connectivity index (χ0) is 31.2. The summed E-state index contributed by atoms with van der Waals surface area (Å²) in [6.07, 6.45) is 0.509. The number of nitrogens with one attached hydrogen (secondary N) is 2. The Morgan fingerprint density at radius 1 is 1.00 bits per heavy atom. The Balaban J connectivity index is 1.42. The van der Waals surface area contributed by atoms with E-state index in [2.05, 4.69) is 10.6 Å². The summed E-state index contributed by atoms with van der Waals surface area (Å²) in [6, 6.07) is 13.8. The summed E-state index contributed by atoms with van der Waals surface area (Å²) in [4.78, 5) is 40.6. The topological polar surface area (TPSA) is 115 Å². The highest BCUT2D eigenvalue weighted by Crippen LogP contribution is 2.30. The van der Waals surface area contributed by atoms with Gasteiger partial charge in [-0.15, -0.1) is 0 Å². The number of hydrogen-bond donors (Lipinski definition) is 2. The van der Waals surface area contributed by atoms with Gasteiger partial charge in [0.15, 0.2) is 18.1 Å². The number of halogens is 2. The Morgan fingerprint density at radius 3 is 2.59 bits per heavy atom. The van der Waals surface area contributed by atoms with E-state index in [1.165, 1.54) is 31.3 Å². The predicted molar refractivity (Wildman–Crippen MR) is 160 cm³/mol. The number of aryl methyl sites for hydroxylation is 1. The molecule has 0 unspecified atom stereocenters. The molecule has 4 bridgehead atoms. The first-order valence-electron chi connectivity index (χ1n) is 14.2. The lowest BCUT2D eigenvalue weighted by molar-refractivity contribution is -0.125. The zero-order valence-electron chi connectivity index (χ0n) is 24.4. The lowest BCUT2D eigenvalue weighted by atomic mass is 10.00. The number of rotatable bonds is 3. The molecule has 2 N–H and O–H groups in total. The van der Waals surface area contributed by atoms with Crippen LogP contribution in [0, 0.1) is 5.82 Å². The van der Waals surface area contributed by atoms with Crippen molar-refractivity contribution in [3.63, 3.8) is 0 Å². The number of nitrogens with zero attached hydrogens (tertiary/aromatic N) is 1. The monoisotopic (exact) mass is 625 g/mol. The Hall–Kier alpha value is -4.51. The summed E-state index contributed by atoms with van der Waals surface area (Å²) < 4.78 is 37.7. The number of likely N-dealkylation sites (tertiary alicyclic amines) is 1. The second-order valence-electron chi connectivity index (χ2n) is 10.5. The van der Waals surface area contributed by atoms with Gasteiger partial charge in [0.05, 0.1) is 25.8 Å². The van der Waals surface area contributed by atoms with Gasteiger partial charge in [0.2, 0.25) is 5.91 Å². The standard InChI is InChI=1S/C32H33ClFN3O7/c1-41-27-9-3-19-4-10-30(38)35-16-20-5-7-22(15-28(20)42-2)44-26-11-12-37(32(40)23-8-6-21(33)14-24(23)34)17-25(26)36-31(39)18-43-29(27)13-19/h3,5-9,13-15,25-26H,4,10-12,16-18H2,1-2H3,(H,35,38)(H,36,39)/t25-,26+/m1/s1. The average molecular weight is 626 g/mol. The second kappa shape index (κ2) is 13.9. The minimum absolute atomic E-state index is 0.0668. The molecule has 12 heteroatoms. The van der Waals surface area contributed by atoms with Crippen LogP contribution < -0.4 is 29.6 Å². The first-order chi connectivity index (χ1) is 21.2. The SMILES string of the molecule is COc1cc2ccc1CNC(=O)CCc1ccc(OC)c(c1)OCC(=O)N[C@@H]1CN(C(=O)c3ccc(Cl)cc3F)CC[C@@H]1O2. The number of benzene rings is 3. The highest BCUT2D eigenvalue weighted by Gasteiger charge is 2.35. The van der Waals surface area contributed by atoms with Gasteiger partial charge in [0, 0.05) is 49.1 Å². The molecule has 3 heterocycles. The molecule has 1 saturated heterocycles. The normalized spacial score (nSPS) is 19.1. The van der Waals surface area contributed by atoms with Crippen LogP contribution in [0.15, 0.2) is 54.6 Å². The van der Waals surface area contributed by atoms with Crippen molar-refractivity contribution in [2.45, 2.75) is 38.0 Å². The highest BCUT2D eigenvalue weighted by molar-refractivity contribution is 6.30. The van der Waals surface area contributed by atoms with Gasteiger partial charge in [-0.05, 0) is 54.4 Å². The largest absolute Gasteiger partial charge is 0.496 e. The predicted octanol–water partition coefficient (Wildman–Crippen LogP) is 3.92. The smallest absolute Gasteiger partial charge is 0.258 e.